The summed E-state index contributed by atoms with van der Waals surface area (Å²) in [5, 5.41) is 1.97. The number of nitrogens with one attached hydrogen (secondary N) is 2. The second kappa shape index (κ2) is 8.11. The summed E-state index contributed by atoms with van der Waals surface area (Å²) < 4.78 is 0. The quantitative estimate of drug-likeness (QED) is 0.404. The van der Waals surface area contributed by atoms with Crippen LogP contribution in [-0.2, 0) is 0 Å². The monoisotopic (exact) mass is 351 g/mol. The largest absolute Gasteiger partial charge is 0.280 e. The number of hydrogen-bond donors (Lipinski definition) is 2. The summed E-state index contributed by atoms with van der Waals surface area (Å²) in [6, 6.07) is 39.1. The molecule has 4 aromatic rings. The number of para-hydroxylation sites is 3. The maximum Gasteiger partial charge on any atom is 0.0889 e. The smallest absolute Gasteiger partial charge is 0.0889 e. The van der Waals surface area contributed by atoms with Crippen molar-refractivity contribution in [3.8, 4) is 11.1 Å². The van der Waals surface area contributed by atoms with Crippen molar-refractivity contribution in [3.63, 3.8) is 0 Å². The van der Waals surface area contributed by atoms with Crippen LogP contribution in [0.4, 0.5) is 17.1 Å². The number of nitrogens with zero attached hydrogens (tertiary/aromatic N) is 1. The number of anilines is 3. The van der Waals surface area contributed by atoms with E-state index in [4.69, 9.17) is 0 Å². The lowest BCUT2D eigenvalue weighted by molar-refractivity contribution is 1.06. The summed E-state index contributed by atoms with van der Waals surface area (Å²) in [6.45, 7) is 0. The van der Waals surface area contributed by atoms with Crippen molar-refractivity contribution in [3.05, 3.63) is 115 Å². The van der Waals surface area contributed by atoms with Crippen LogP contribution in [0.5, 0.6) is 0 Å². The maximum atomic E-state index is 3.48. The minimum atomic E-state index is 1.00. The summed E-state index contributed by atoms with van der Waals surface area (Å²) in [5.74, 6) is 0. The zero-order valence-corrected chi connectivity index (χ0v) is 14.9. The molecule has 2 N–H and O–H groups in total. The minimum Gasteiger partial charge on any atom is -0.280 e. The lowest BCUT2D eigenvalue weighted by Gasteiger charge is -2.29. The van der Waals surface area contributed by atoms with Crippen molar-refractivity contribution >= 4 is 17.1 Å². The lowest BCUT2D eigenvalue weighted by Crippen LogP contribution is -2.36. The molecular weight excluding hydrogens is 330 g/mol. The van der Waals surface area contributed by atoms with E-state index in [1.54, 1.807) is 0 Å². The van der Waals surface area contributed by atoms with Gasteiger partial charge >= 0.3 is 0 Å². The molecule has 0 spiro atoms. The molecule has 3 nitrogen and oxygen atoms in total. The Kier molecular flexibility index (Phi) is 5.02. The van der Waals surface area contributed by atoms with E-state index in [1.807, 2.05) is 77.9 Å². The zero-order valence-electron chi connectivity index (χ0n) is 14.9. The van der Waals surface area contributed by atoms with Crippen LogP contribution in [0, 0.1) is 0 Å². The Balaban J connectivity index is 1.74. The van der Waals surface area contributed by atoms with Crippen LogP contribution in [-0.4, -0.2) is 0 Å². The molecule has 0 aliphatic rings. The van der Waals surface area contributed by atoms with Gasteiger partial charge < -0.3 is 0 Å². The second-order valence-electron chi connectivity index (χ2n) is 6.17. The maximum absolute atomic E-state index is 3.48. The van der Waals surface area contributed by atoms with Gasteiger partial charge in [0.2, 0.25) is 0 Å². The highest BCUT2D eigenvalue weighted by Gasteiger charge is 2.13. The molecule has 0 bridgehead atoms. The van der Waals surface area contributed by atoms with Gasteiger partial charge in [-0.1, -0.05) is 84.9 Å². The van der Waals surface area contributed by atoms with E-state index >= 15 is 0 Å². The van der Waals surface area contributed by atoms with E-state index in [1.165, 1.54) is 5.56 Å². The first-order chi connectivity index (χ1) is 13.4. The van der Waals surface area contributed by atoms with E-state index in [0.717, 1.165) is 22.6 Å². The van der Waals surface area contributed by atoms with E-state index in [2.05, 4.69) is 53.3 Å². The topological polar surface area (TPSA) is 27.3 Å². The summed E-state index contributed by atoms with van der Waals surface area (Å²) in [6.07, 6.45) is 0. The molecule has 0 aromatic heterocycles. The molecule has 4 rings (SSSR count). The van der Waals surface area contributed by atoms with Gasteiger partial charge in [-0.2, -0.15) is 5.12 Å². The van der Waals surface area contributed by atoms with Crippen molar-refractivity contribution < 1.29 is 0 Å². The van der Waals surface area contributed by atoms with Gasteiger partial charge in [-0.25, -0.2) is 0 Å². The molecule has 3 heteroatoms. The van der Waals surface area contributed by atoms with Crippen LogP contribution < -0.4 is 16.0 Å². The molecule has 0 heterocycles. The number of hydrogen-bond acceptors (Lipinski definition) is 3. The molecule has 0 amide bonds. The SMILES string of the molecule is c1ccc(NN(Nc2ccccc2)c2ccccc2-c2ccccc2)cc1. The fourth-order valence-corrected chi connectivity index (χ4v) is 2.96. The summed E-state index contributed by atoms with van der Waals surface area (Å²) in [5.41, 5.74) is 12.3. The summed E-state index contributed by atoms with van der Waals surface area (Å²) >= 11 is 0. The molecule has 0 aliphatic carbocycles. The minimum absolute atomic E-state index is 1.00. The Labute approximate surface area is 159 Å². The molecule has 0 atom stereocenters. The Morgan fingerprint density at radius 2 is 0.889 bits per heavy atom. The first-order valence-corrected chi connectivity index (χ1v) is 8.98. The predicted octanol–water partition coefficient (Wildman–Crippen LogP) is 6.21. The number of benzene rings is 4. The van der Waals surface area contributed by atoms with Gasteiger partial charge in [-0.3, -0.25) is 10.9 Å². The third kappa shape index (κ3) is 4.10. The van der Waals surface area contributed by atoms with Crippen molar-refractivity contribution in [1.82, 2.24) is 0 Å². The highest BCUT2D eigenvalue weighted by atomic mass is 15.7. The van der Waals surface area contributed by atoms with E-state index in [9.17, 15) is 0 Å². The average molecular weight is 351 g/mol. The van der Waals surface area contributed by atoms with Crippen LogP contribution in [0.15, 0.2) is 115 Å². The lowest BCUT2D eigenvalue weighted by atomic mass is 10.0. The highest BCUT2D eigenvalue weighted by Crippen LogP contribution is 2.31. The van der Waals surface area contributed by atoms with Gasteiger partial charge in [-0.15, -0.1) is 0 Å². The molecule has 0 fully saturated rings. The van der Waals surface area contributed by atoms with Crippen molar-refractivity contribution in [2.24, 2.45) is 0 Å². The molecule has 0 aliphatic heterocycles. The summed E-state index contributed by atoms with van der Waals surface area (Å²) in [7, 11) is 0. The number of rotatable bonds is 6. The fraction of sp³-hybridized carbons (Fsp3) is 0. The fourth-order valence-electron chi connectivity index (χ4n) is 2.96. The molecule has 4 aromatic carbocycles. The predicted molar refractivity (Wildman–Crippen MR) is 114 cm³/mol. The third-order valence-corrected chi connectivity index (χ3v) is 4.26. The Bertz CT molecular complexity index is 928. The van der Waals surface area contributed by atoms with Crippen LogP contribution in [0.3, 0.4) is 0 Å². The Morgan fingerprint density at radius 1 is 0.444 bits per heavy atom. The Morgan fingerprint density at radius 3 is 1.44 bits per heavy atom. The normalized spacial score (nSPS) is 10.2. The number of hydrazine groups is 2. The van der Waals surface area contributed by atoms with E-state index in [-0.39, 0.29) is 0 Å². The van der Waals surface area contributed by atoms with Gasteiger partial charge in [0, 0.05) is 5.56 Å². The Hall–Kier alpha value is -3.72. The zero-order chi connectivity index (χ0) is 18.3. The second-order valence-corrected chi connectivity index (χ2v) is 6.17. The van der Waals surface area contributed by atoms with Gasteiger partial charge in [0.1, 0.15) is 0 Å². The molecule has 0 unspecified atom stereocenters. The molecule has 0 saturated heterocycles. The van der Waals surface area contributed by atoms with Gasteiger partial charge in [-0.05, 0) is 35.9 Å². The van der Waals surface area contributed by atoms with Crippen LogP contribution in [0.25, 0.3) is 11.1 Å². The molecule has 27 heavy (non-hydrogen) atoms. The average Bonchev–Trinajstić information content (AvgIpc) is 2.75. The first kappa shape index (κ1) is 16.7. The standard InChI is InChI=1S/C24H21N3/c1-4-12-20(13-5-1)23-18-10-11-19-24(23)27(25-21-14-6-2-7-15-21)26-22-16-8-3-9-17-22/h1-19,25-26H. The van der Waals surface area contributed by atoms with E-state index < -0.39 is 0 Å². The van der Waals surface area contributed by atoms with Crippen molar-refractivity contribution in [1.29, 1.82) is 0 Å². The van der Waals surface area contributed by atoms with Gasteiger partial charge in [0.05, 0.1) is 17.1 Å². The van der Waals surface area contributed by atoms with Gasteiger partial charge in [0.15, 0.2) is 0 Å². The van der Waals surface area contributed by atoms with Crippen molar-refractivity contribution in [2.75, 3.05) is 16.0 Å². The highest BCUT2D eigenvalue weighted by molar-refractivity contribution is 5.80. The molecule has 0 saturated carbocycles. The molecular formula is C24H21N3. The van der Waals surface area contributed by atoms with Crippen LogP contribution in [0.1, 0.15) is 0 Å². The van der Waals surface area contributed by atoms with Crippen LogP contribution in [0.2, 0.25) is 0 Å². The molecule has 132 valence electrons. The van der Waals surface area contributed by atoms with E-state index in [0.29, 0.717) is 0 Å². The molecule has 0 radical (unpaired) electrons. The first-order valence-electron chi connectivity index (χ1n) is 8.98. The van der Waals surface area contributed by atoms with Crippen LogP contribution >= 0.6 is 0 Å². The third-order valence-electron chi connectivity index (χ3n) is 4.26. The summed E-state index contributed by atoms with van der Waals surface area (Å²) in [4.78, 5) is 0. The van der Waals surface area contributed by atoms with Crippen molar-refractivity contribution in [2.45, 2.75) is 0 Å². The van der Waals surface area contributed by atoms with Gasteiger partial charge in [0.25, 0.3) is 0 Å².